The number of benzene rings is 2. The van der Waals surface area contributed by atoms with Gasteiger partial charge in [0.05, 0.1) is 18.4 Å². The van der Waals surface area contributed by atoms with E-state index in [2.05, 4.69) is 46.4 Å². The quantitative estimate of drug-likeness (QED) is 0.648. The molecule has 1 amide bonds. The molecular weight excluding hydrogens is 404 g/mol. The third-order valence-corrected chi connectivity index (χ3v) is 5.75. The maximum Gasteiger partial charge on any atom is 0.258 e. The van der Waals surface area contributed by atoms with E-state index in [1.54, 1.807) is 38.3 Å². The molecule has 0 spiro atoms. The van der Waals surface area contributed by atoms with Gasteiger partial charge in [-0.2, -0.15) is 0 Å². The van der Waals surface area contributed by atoms with E-state index < -0.39 is 0 Å². The fourth-order valence-electron chi connectivity index (χ4n) is 4.10. The minimum Gasteiger partial charge on any atom is -0.497 e. The number of aryl methyl sites for hydroxylation is 2. The third kappa shape index (κ3) is 4.89. The van der Waals surface area contributed by atoms with Crippen molar-refractivity contribution in [1.29, 1.82) is 0 Å². The van der Waals surface area contributed by atoms with Crippen LogP contribution in [-0.2, 0) is 30.8 Å². The van der Waals surface area contributed by atoms with Gasteiger partial charge in [0.15, 0.2) is 0 Å². The molecule has 32 heavy (non-hydrogen) atoms. The third-order valence-electron chi connectivity index (χ3n) is 5.75. The molecule has 0 aliphatic carbocycles. The molecule has 1 aliphatic heterocycles. The predicted octanol–water partition coefficient (Wildman–Crippen LogP) is 3.07. The van der Waals surface area contributed by atoms with Crippen LogP contribution in [0.4, 0.5) is 5.69 Å². The summed E-state index contributed by atoms with van der Waals surface area (Å²) in [5.41, 5.74) is 4.50. The van der Waals surface area contributed by atoms with Crippen molar-refractivity contribution >= 4 is 11.6 Å². The summed E-state index contributed by atoms with van der Waals surface area (Å²) in [6, 6.07) is 15.5. The fraction of sp³-hybridized carbons (Fsp3) is 0.320. The van der Waals surface area contributed by atoms with E-state index in [1.165, 1.54) is 15.7 Å². The number of carbonyl (C=O) groups is 1. The van der Waals surface area contributed by atoms with Gasteiger partial charge in [-0.05, 0) is 43.7 Å². The SMILES string of the molecule is COc1ccc(NC(=O)Cn2c(C)nc3c(c2=O)CN(Cc2cccc(C)c2)CC3)cc1. The highest BCUT2D eigenvalue weighted by Crippen LogP contribution is 2.18. The maximum absolute atomic E-state index is 13.3. The van der Waals surface area contributed by atoms with Crippen LogP contribution in [-0.4, -0.2) is 34.0 Å². The van der Waals surface area contributed by atoms with Crippen molar-refractivity contribution in [3.05, 3.63) is 87.1 Å². The second kappa shape index (κ2) is 9.36. The first-order valence-corrected chi connectivity index (χ1v) is 10.7. The van der Waals surface area contributed by atoms with E-state index in [-0.39, 0.29) is 18.0 Å². The van der Waals surface area contributed by atoms with Crippen molar-refractivity contribution in [3.63, 3.8) is 0 Å². The molecule has 0 bridgehead atoms. The van der Waals surface area contributed by atoms with Crippen LogP contribution in [0.3, 0.4) is 0 Å². The van der Waals surface area contributed by atoms with Gasteiger partial charge in [0.2, 0.25) is 5.91 Å². The molecule has 0 fully saturated rings. The second-order valence-electron chi connectivity index (χ2n) is 8.20. The Hall–Kier alpha value is -3.45. The van der Waals surface area contributed by atoms with Crippen LogP contribution in [0.1, 0.15) is 28.2 Å². The Bertz CT molecular complexity index is 1180. The van der Waals surface area contributed by atoms with Crippen molar-refractivity contribution in [2.45, 2.75) is 39.9 Å². The molecule has 3 aromatic rings. The maximum atomic E-state index is 13.3. The van der Waals surface area contributed by atoms with Gasteiger partial charge in [0.25, 0.3) is 5.56 Å². The Kier molecular flexibility index (Phi) is 6.37. The number of nitrogens with zero attached hydrogens (tertiary/aromatic N) is 3. The summed E-state index contributed by atoms with van der Waals surface area (Å²) >= 11 is 0. The van der Waals surface area contributed by atoms with Crippen molar-refractivity contribution in [2.24, 2.45) is 0 Å². The minimum atomic E-state index is -0.269. The molecule has 4 rings (SSSR count). The lowest BCUT2D eigenvalue weighted by molar-refractivity contribution is -0.116. The number of aromatic nitrogens is 2. The van der Waals surface area contributed by atoms with E-state index >= 15 is 0 Å². The molecule has 0 radical (unpaired) electrons. The van der Waals surface area contributed by atoms with E-state index in [1.807, 2.05) is 0 Å². The smallest absolute Gasteiger partial charge is 0.258 e. The van der Waals surface area contributed by atoms with E-state index in [9.17, 15) is 9.59 Å². The zero-order valence-corrected chi connectivity index (χ0v) is 18.7. The van der Waals surface area contributed by atoms with Gasteiger partial charge >= 0.3 is 0 Å². The number of rotatable bonds is 6. The molecule has 0 saturated heterocycles. The lowest BCUT2D eigenvalue weighted by atomic mass is 10.0. The minimum absolute atomic E-state index is 0.0745. The van der Waals surface area contributed by atoms with E-state index in [0.717, 1.165) is 25.2 Å². The molecule has 7 nitrogen and oxygen atoms in total. The van der Waals surface area contributed by atoms with Gasteiger partial charge in [-0.3, -0.25) is 19.1 Å². The standard InChI is InChI=1S/C25H28N4O3/c1-17-5-4-6-19(13-17)14-28-12-11-23-22(15-28)25(31)29(18(2)26-23)16-24(30)27-20-7-9-21(32-3)10-8-20/h4-10,13H,11-12,14-16H2,1-3H3,(H,27,30). The summed E-state index contributed by atoms with van der Waals surface area (Å²) in [5, 5.41) is 2.83. The largest absolute Gasteiger partial charge is 0.497 e. The molecule has 1 aliphatic rings. The number of fused-ring (bicyclic) bond motifs is 1. The normalized spacial score (nSPS) is 13.5. The number of anilines is 1. The number of ether oxygens (including phenoxy) is 1. The number of methoxy groups -OCH3 is 1. The average molecular weight is 433 g/mol. The van der Waals surface area contributed by atoms with Crippen LogP contribution in [0, 0.1) is 13.8 Å². The van der Waals surface area contributed by atoms with Gasteiger partial charge in [-0.15, -0.1) is 0 Å². The first-order chi connectivity index (χ1) is 15.4. The summed E-state index contributed by atoms with van der Waals surface area (Å²) in [7, 11) is 1.59. The summed E-state index contributed by atoms with van der Waals surface area (Å²) in [5.74, 6) is 1.00. The molecule has 0 atom stereocenters. The predicted molar refractivity (Wildman–Crippen MR) is 124 cm³/mol. The number of hydrogen-bond donors (Lipinski definition) is 1. The van der Waals surface area contributed by atoms with Crippen LogP contribution in [0.15, 0.2) is 53.3 Å². The lowest BCUT2D eigenvalue weighted by Gasteiger charge is -2.28. The molecule has 1 N–H and O–H groups in total. The number of carbonyl (C=O) groups excluding carboxylic acids is 1. The average Bonchev–Trinajstić information content (AvgIpc) is 2.78. The molecule has 166 valence electrons. The Morgan fingerprint density at radius 2 is 1.94 bits per heavy atom. The number of nitrogens with one attached hydrogen (secondary N) is 1. The Morgan fingerprint density at radius 3 is 2.66 bits per heavy atom. The van der Waals surface area contributed by atoms with Gasteiger partial charge in [-0.1, -0.05) is 29.8 Å². The Labute approximate surface area is 187 Å². The van der Waals surface area contributed by atoms with Gasteiger partial charge in [0, 0.05) is 31.7 Å². The molecule has 2 aromatic carbocycles. The molecule has 0 unspecified atom stereocenters. The molecule has 7 heteroatoms. The summed E-state index contributed by atoms with van der Waals surface area (Å²) in [6.45, 7) is 5.96. The monoisotopic (exact) mass is 432 g/mol. The van der Waals surface area contributed by atoms with E-state index in [0.29, 0.717) is 29.4 Å². The van der Waals surface area contributed by atoms with Gasteiger partial charge in [0.1, 0.15) is 18.1 Å². The van der Waals surface area contributed by atoms with Crippen LogP contribution >= 0.6 is 0 Å². The summed E-state index contributed by atoms with van der Waals surface area (Å²) in [6.07, 6.45) is 0.732. The van der Waals surface area contributed by atoms with Crippen LogP contribution < -0.4 is 15.6 Å². The van der Waals surface area contributed by atoms with Crippen LogP contribution in [0.5, 0.6) is 5.75 Å². The molecular formula is C25H28N4O3. The Balaban J connectivity index is 1.49. The van der Waals surface area contributed by atoms with Gasteiger partial charge < -0.3 is 10.1 Å². The van der Waals surface area contributed by atoms with Gasteiger partial charge in [-0.25, -0.2) is 4.98 Å². The zero-order chi connectivity index (χ0) is 22.7. The fourth-order valence-corrected chi connectivity index (χ4v) is 4.10. The van der Waals surface area contributed by atoms with Crippen LogP contribution in [0.2, 0.25) is 0 Å². The first kappa shape index (κ1) is 21.8. The highest BCUT2D eigenvalue weighted by atomic mass is 16.5. The van der Waals surface area contributed by atoms with Crippen LogP contribution in [0.25, 0.3) is 0 Å². The Morgan fingerprint density at radius 1 is 1.16 bits per heavy atom. The van der Waals surface area contributed by atoms with Crippen molar-refractivity contribution in [2.75, 3.05) is 19.0 Å². The lowest BCUT2D eigenvalue weighted by Crippen LogP contribution is -2.39. The van der Waals surface area contributed by atoms with E-state index in [4.69, 9.17) is 4.74 Å². The van der Waals surface area contributed by atoms with Crippen molar-refractivity contribution < 1.29 is 9.53 Å². The highest BCUT2D eigenvalue weighted by molar-refractivity contribution is 5.90. The topological polar surface area (TPSA) is 76.5 Å². The number of hydrogen-bond acceptors (Lipinski definition) is 5. The number of amides is 1. The molecule has 1 aromatic heterocycles. The van der Waals surface area contributed by atoms with Crippen molar-refractivity contribution in [3.8, 4) is 5.75 Å². The highest BCUT2D eigenvalue weighted by Gasteiger charge is 2.23. The summed E-state index contributed by atoms with van der Waals surface area (Å²) in [4.78, 5) is 32.8. The zero-order valence-electron chi connectivity index (χ0n) is 18.7. The second-order valence-corrected chi connectivity index (χ2v) is 8.20. The molecule has 0 saturated carbocycles. The summed E-state index contributed by atoms with van der Waals surface area (Å²) < 4.78 is 6.60. The van der Waals surface area contributed by atoms with Crippen molar-refractivity contribution in [1.82, 2.24) is 14.5 Å². The molecule has 2 heterocycles. The first-order valence-electron chi connectivity index (χ1n) is 10.7.